The summed E-state index contributed by atoms with van der Waals surface area (Å²) in [7, 11) is 0. The quantitative estimate of drug-likeness (QED) is 0.307. The fraction of sp³-hybridized carbons (Fsp3) is 0.348. The lowest BCUT2D eigenvalue weighted by atomic mass is 10.1. The predicted molar refractivity (Wildman–Crippen MR) is 120 cm³/mol. The summed E-state index contributed by atoms with van der Waals surface area (Å²) in [5, 5.41) is 5.19. The number of imidazole rings is 1. The van der Waals surface area contributed by atoms with Gasteiger partial charge in [0, 0.05) is 22.0 Å². The lowest BCUT2D eigenvalue weighted by molar-refractivity contribution is 0.609. The Kier molecular flexibility index (Phi) is 6.90. The first kappa shape index (κ1) is 20.5. The van der Waals surface area contributed by atoms with Gasteiger partial charge in [-0.15, -0.1) is 0 Å². The fourth-order valence-electron chi connectivity index (χ4n) is 3.24. The van der Waals surface area contributed by atoms with Gasteiger partial charge in [-0.05, 0) is 93.2 Å². The summed E-state index contributed by atoms with van der Waals surface area (Å²) in [5.41, 5.74) is 2.88. The van der Waals surface area contributed by atoms with E-state index in [4.69, 9.17) is 11.6 Å². The van der Waals surface area contributed by atoms with Crippen LogP contribution in [0.4, 0.5) is 4.39 Å². The Balaban J connectivity index is 1.45. The lowest BCUT2D eigenvalue weighted by Crippen LogP contribution is -2.18. The molecule has 0 atom stereocenters. The smallest absolute Gasteiger partial charge is 0.173 e. The van der Waals surface area contributed by atoms with Crippen molar-refractivity contribution in [2.24, 2.45) is 5.92 Å². The minimum Gasteiger partial charge on any atom is -0.316 e. The van der Waals surface area contributed by atoms with Crippen LogP contribution in [-0.2, 0) is 0 Å². The van der Waals surface area contributed by atoms with Gasteiger partial charge in [-0.25, -0.2) is 9.37 Å². The molecule has 4 rings (SSSR count). The summed E-state index contributed by atoms with van der Waals surface area (Å²) in [6.07, 6.45) is 6.97. The van der Waals surface area contributed by atoms with Crippen LogP contribution in [-0.4, -0.2) is 28.4 Å². The molecule has 0 amide bonds. The topological polar surface area (TPSA) is 29.9 Å². The van der Waals surface area contributed by atoms with Crippen molar-refractivity contribution in [2.45, 2.75) is 30.8 Å². The van der Waals surface area contributed by atoms with Crippen LogP contribution >= 0.6 is 23.4 Å². The summed E-state index contributed by atoms with van der Waals surface area (Å²) in [6, 6.07) is 14.3. The standard InChI is InChI=1S/C23H25ClFN3S/c24-19-7-11-21(12-8-19)28-22(18-5-9-20(25)10-6-18)16-27-23(28)29-14-2-1-13-26-15-17-3-4-17/h5-12,16-17,26H,1-4,13-15H2. The normalized spacial score (nSPS) is 13.7. The zero-order valence-corrected chi connectivity index (χ0v) is 17.9. The van der Waals surface area contributed by atoms with Crippen molar-refractivity contribution in [1.29, 1.82) is 0 Å². The molecule has 0 aliphatic heterocycles. The van der Waals surface area contributed by atoms with Gasteiger partial charge in [0.05, 0.1) is 11.9 Å². The van der Waals surface area contributed by atoms with E-state index in [1.54, 1.807) is 23.9 Å². The van der Waals surface area contributed by atoms with E-state index in [0.717, 1.165) is 46.7 Å². The first-order valence-electron chi connectivity index (χ1n) is 10.1. The third kappa shape index (κ3) is 5.62. The van der Waals surface area contributed by atoms with Crippen LogP contribution in [0.5, 0.6) is 0 Å². The number of thioether (sulfide) groups is 1. The molecule has 0 spiro atoms. The first-order valence-corrected chi connectivity index (χ1v) is 11.5. The number of hydrogen-bond acceptors (Lipinski definition) is 3. The molecule has 0 saturated heterocycles. The highest BCUT2D eigenvalue weighted by Gasteiger charge is 2.20. The van der Waals surface area contributed by atoms with Crippen molar-refractivity contribution in [3.8, 4) is 16.9 Å². The van der Waals surface area contributed by atoms with Crippen molar-refractivity contribution in [3.05, 3.63) is 65.6 Å². The largest absolute Gasteiger partial charge is 0.316 e. The second-order valence-electron chi connectivity index (χ2n) is 7.45. The van der Waals surface area contributed by atoms with Gasteiger partial charge in [0.15, 0.2) is 5.16 Å². The summed E-state index contributed by atoms with van der Waals surface area (Å²) in [6.45, 7) is 2.26. The zero-order chi connectivity index (χ0) is 20.1. The number of rotatable bonds is 10. The molecule has 1 aliphatic carbocycles. The molecular formula is C23H25ClFN3S. The fourth-order valence-corrected chi connectivity index (χ4v) is 4.36. The Labute approximate surface area is 180 Å². The second-order valence-corrected chi connectivity index (χ2v) is 8.95. The molecule has 1 aromatic heterocycles. The Morgan fingerprint density at radius 2 is 1.83 bits per heavy atom. The van der Waals surface area contributed by atoms with Gasteiger partial charge < -0.3 is 5.32 Å². The van der Waals surface area contributed by atoms with Gasteiger partial charge in [-0.3, -0.25) is 4.57 Å². The molecule has 3 nitrogen and oxygen atoms in total. The molecule has 3 aromatic rings. The minimum atomic E-state index is -0.240. The summed E-state index contributed by atoms with van der Waals surface area (Å²) < 4.78 is 15.5. The number of nitrogens with one attached hydrogen (secondary N) is 1. The number of nitrogens with zero attached hydrogens (tertiary/aromatic N) is 2. The van der Waals surface area contributed by atoms with Gasteiger partial charge in [-0.2, -0.15) is 0 Å². The maximum absolute atomic E-state index is 13.4. The van der Waals surface area contributed by atoms with Crippen LogP contribution in [0.25, 0.3) is 16.9 Å². The van der Waals surface area contributed by atoms with Gasteiger partial charge in [0.2, 0.25) is 0 Å². The summed E-state index contributed by atoms with van der Waals surface area (Å²) in [4.78, 5) is 4.66. The second kappa shape index (κ2) is 9.79. The maximum atomic E-state index is 13.4. The molecule has 152 valence electrons. The van der Waals surface area contributed by atoms with Crippen LogP contribution in [0.15, 0.2) is 59.9 Å². The van der Waals surface area contributed by atoms with Crippen molar-refractivity contribution in [1.82, 2.24) is 14.9 Å². The Hall–Kier alpha value is -1.82. The van der Waals surface area contributed by atoms with Crippen molar-refractivity contribution >= 4 is 23.4 Å². The van der Waals surface area contributed by atoms with Crippen molar-refractivity contribution < 1.29 is 4.39 Å². The van der Waals surface area contributed by atoms with Crippen LogP contribution < -0.4 is 5.32 Å². The third-order valence-corrected chi connectivity index (χ3v) is 6.35. The number of unbranched alkanes of at least 4 members (excludes halogenated alkanes) is 1. The molecule has 0 bridgehead atoms. The predicted octanol–water partition coefficient (Wildman–Crippen LogP) is 6.20. The van der Waals surface area contributed by atoms with Crippen LogP contribution in [0, 0.1) is 11.7 Å². The molecule has 1 fully saturated rings. The third-order valence-electron chi connectivity index (χ3n) is 5.06. The summed E-state index contributed by atoms with van der Waals surface area (Å²) in [5.74, 6) is 1.70. The average molecular weight is 430 g/mol. The minimum absolute atomic E-state index is 0.240. The van der Waals surface area contributed by atoms with Gasteiger partial charge >= 0.3 is 0 Å². The van der Waals surface area contributed by atoms with Gasteiger partial charge in [0.1, 0.15) is 5.82 Å². The highest BCUT2D eigenvalue weighted by Crippen LogP contribution is 2.31. The van der Waals surface area contributed by atoms with E-state index in [9.17, 15) is 4.39 Å². The van der Waals surface area contributed by atoms with E-state index in [0.29, 0.717) is 5.02 Å². The molecule has 1 heterocycles. The van der Waals surface area contributed by atoms with E-state index < -0.39 is 0 Å². The van der Waals surface area contributed by atoms with Crippen LogP contribution in [0.1, 0.15) is 25.7 Å². The molecule has 1 N–H and O–H groups in total. The Bertz CT molecular complexity index is 920. The molecule has 1 aliphatic rings. The molecular weight excluding hydrogens is 405 g/mol. The SMILES string of the molecule is Fc1ccc(-c2cnc(SCCCCNCC3CC3)n2-c2ccc(Cl)cc2)cc1. The highest BCUT2D eigenvalue weighted by atomic mass is 35.5. The number of benzene rings is 2. The average Bonchev–Trinajstić information content (AvgIpc) is 3.46. The first-order chi connectivity index (χ1) is 14.2. The Morgan fingerprint density at radius 1 is 1.07 bits per heavy atom. The van der Waals surface area contributed by atoms with E-state index in [-0.39, 0.29) is 5.82 Å². The van der Waals surface area contributed by atoms with Gasteiger partial charge in [0.25, 0.3) is 0 Å². The van der Waals surface area contributed by atoms with E-state index in [1.807, 2.05) is 30.5 Å². The van der Waals surface area contributed by atoms with Crippen molar-refractivity contribution in [2.75, 3.05) is 18.8 Å². The van der Waals surface area contributed by atoms with Crippen LogP contribution in [0.3, 0.4) is 0 Å². The monoisotopic (exact) mass is 429 g/mol. The molecule has 2 aromatic carbocycles. The molecule has 29 heavy (non-hydrogen) atoms. The van der Waals surface area contributed by atoms with Crippen LogP contribution in [0.2, 0.25) is 5.02 Å². The number of hydrogen-bond donors (Lipinski definition) is 1. The molecule has 0 radical (unpaired) electrons. The van der Waals surface area contributed by atoms with E-state index in [2.05, 4.69) is 14.9 Å². The zero-order valence-electron chi connectivity index (χ0n) is 16.3. The molecule has 6 heteroatoms. The van der Waals surface area contributed by atoms with E-state index in [1.165, 1.54) is 37.9 Å². The lowest BCUT2D eigenvalue weighted by Gasteiger charge is -2.12. The highest BCUT2D eigenvalue weighted by molar-refractivity contribution is 7.99. The van der Waals surface area contributed by atoms with Gasteiger partial charge in [-0.1, -0.05) is 23.4 Å². The Morgan fingerprint density at radius 3 is 2.55 bits per heavy atom. The summed E-state index contributed by atoms with van der Waals surface area (Å²) >= 11 is 7.84. The number of halogens is 2. The van der Waals surface area contributed by atoms with Crippen molar-refractivity contribution in [3.63, 3.8) is 0 Å². The number of aromatic nitrogens is 2. The molecule has 1 saturated carbocycles. The van der Waals surface area contributed by atoms with E-state index >= 15 is 0 Å². The maximum Gasteiger partial charge on any atom is 0.173 e. The molecule has 0 unspecified atom stereocenters.